The van der Waals surface area contributed by atoms with Gasteiger partial charge in [-0.2, -0.15) is 0 Å². The molecule has 1 aromatic heterocycles. The van der Waals surface area contributed by atoms with Gasteiger partial charge in [-0.25, -0.2) is 0 Å². The first-order valence-corrected chi connectivity index (χ1v) is 6.52. The average Bonchev–Trinajstić information content (AvgIpc) is 2.87. The summed E-state index contributed by atoms with van der Waals surface area (Å²) in [7, 11) is 1.90. The van der Waals surface area contributed by atoms with E-state index in [1.807, 2.05) is 31.3 Å². The molecule has 0 aliphatic carbocycles. The van der Waals surface area contributed by atoms with Gasteiger partial charge in [-0.3, -0.25) is 15.1 Å². The highest BCUT2D eigenvalue weighted by Gasteiger charge is 2.07. The Morgan fingerprint density at radius 3 is 2.63 bits per heavy atom. The number of nitro groups is 1. The van der Waals surface area contributed by atoms with Crippen molar-refractivity contribution >= 4 is 28.2 Å². The Bertz CT molecular complexity index is 590. The molecule has 0 fully saturated rings. The zero-order chi connectivity index (χ0) is 13.7. The van der Waals surface area contributed by atoms with Gasteiger partial charge in [0.05, 0.1) is 15.5 Å². The molecule has 1 heterocycles. The minimum absolute atomic E-state index is 0.130. The van der Waals surface area contributed by atoms with E-state index in [0.717, 1.165) is 28.4 Å². The third-order valence-electron chi connectivity index (χ3n) is 2.45. The minimum Gasteiger partial charge on any atom is -0.316 e. The summed E-state index contributed by atoms with van der Waals surface area (Å²) in [6.07, 6.45) is 1.64. The van der Waals surface area contributed by atoms with Gasteiger partial charge in [-0.05, 0) is 30.8 Å². The minimum atomic E-state index is -0.394. The third-order valence-corrected chi connectivity index (χ3v) is 3.42. The summed E-state index contributed by atoms with van der Waals surface area (Å²) in [6, 6.07) is 11.0. The second kappa shape index (κ2) is 6.21. The van der Waals surface area contributed by atoms with Gasteiger partial charge in [0.1, 0.15) is 0 Å². The molecule has 2 rings (SSSR count). The summed E-state index contributed by atoms with van der Waals surface area (Å²) in [6.45, 7) is 0.821. The van der Waals surface area contributed by atoms with Gasteiger partial charge in [0, 0.05) is 18.8 Å². The SMILES string of the molecule is CNCc1ccc(N=Cc2ccc([N+](=O)[O-])s2)cc1. The monoisotopic (exact) mass is 275 g/mol. The van der Waals surface area contributed by atoms with Gasteiger partial charge < -0.3 is 5.32 Å². The summed E-state index contributed by atoms with van der Waals surface area (Å²) in [4.78, 5) is 15.2. The topological polar surface area (TPSA) is 67.5 Å². The molecule has 0 amide bonds. The molecule has 0 saturated carbocycles. The fraction of sp³-hybridized carbons (Fsp3) is 0.154. The normalized spacial score (nSPS) is 11.0. The lowest BCUT2D eigenvalue weighted by Crippen LogP contribution is -2.04. The quantitative estimate of drug-likeness (QED) is 0.518. The smallest absolute Gasteiger partial charge is 0.316 e. The second-order valence-electron chi connectivity index (χ2n) is 3.89. The summed E-state index contributed by atoms with van der Waals surface area (Å²) in [5.41, 5.74) is 2.02. The number of nitrogens with one attached hydrogen (secondary N) is 1. The van der Waals surface area contributed by atoms with Crippen molar-refractivity contribution in [3.8, 4) is 0 Å². The van der Waals surface area contributed by atoms with Gasteiger partial charge in [0.2, 0.25) is 0 Å². The van der Waals surface area contributed by atoms with Gasteiger partial charge in [0.25, 0.3) is 0 Å². The molecule has 0 unspecified atom stereocenters. The van der Waals surface area contributed by atoms with Crippen molar-refractivity contribution in [2.24, 2.45) is 4.99 Å². The standard InChI is InChI=1S/C13H13N3O2S/c1-14-8-10-2-4-11(5-3-10)15-9-12-6-7-13(19-12)16(17)18/h2-7,9,14H,8H2,1H3. The Morgan fingerprint density at radius 1 is 1.32 bits per heavy atom. The van der Waals surface area contributed by atoms with Gasteiger partial charge in [-0.15, -0.1) is 0 Å². The fourth-order valence-electron chi connectivity index (χ4n) is 1.55. The number of thiophene rings is 1. The van der Waals surface area contributed by atoms with Gasteiger partial charge in [-0.1, -0.05) is 23.5 Å². The molecule has 5 nitrogen and oxygen atoms in total. The van der Waals surface area contributed by atoms with E-state index in [-0.39, 0.29) is 5.00 Å². The second-order valence-corrected chi connectivity index (χ2v) is 4.98. The Labute approximate surface area is 114 Å². The maximum Gasteiger partial charge on any atom is 0.324 e. The number of hydrogen-bond acceptors (Lipinski definition) is 5. The van der Waals surface area contributed by atoms with Gasteiger partial charge >= 0.3 is 5.00 Å². The van der Waals surface area contributed by atoms with Crippen LogP contribution in [0.3, 0.4) is 0 Å². The molecule has 0 aliphatic rings. The summed E-state index contributed by atoms with van der Waals surface area (Å²) in [5.74, 6) is 0. The van der Waals surface area contributed by atoms with E-state index < -0.39 is 4.92 Å². The molecule has 2 aromatic rings. The van der Waals surface area contributed by atoms with Crippen molar-refractivity contribution in [3.05, 3.63) is 57.0 Å². The van der Waals surface area contributed by atoms with Crippen molar-refractivity contribution in [2.75, 3.05) is 7.05 Å². The Kier molecular flexibility index (Phi) is 4.38. The highest BCUT2D eigenvalue weighted by molar-refractivity contribution is 7.16. The molecular formula is C13H13N3O2S. The van der Waals surface area contributed by atoms with Crippen LogP contribution in [0.5, 0.6) is 0 Å². The van der Waals surface area contributed by atoms with Crippen LogP contribution in [0.25, 0.3) is 0 Å². The van der Waals surface area contributed by atoms with Crippen LogP contribution in [0.2, 0.25) is 0 Å². The highest BCUT2D eigenvalue weighted by atomic mass is 32.1. The van der Waals surface area contributed by atoms with Crippen molar-refractivity contribution < 1.29 is 4.92 Å². The first-order valence-electron chi connectivity index (χ1n) is 5.71. The Hall–Kier alpha value is -2.05. The molecule has 1 aromatic carbocycles. The van der Waals surface area contributed by atoms with E-state index in [1.54, 1.807) is 12.3 Å². The summed E-state index contributed by atoms with van der Waals surface area (Å²) >= 11 is 1.11. The maximum atomic E-state index is 10.6. The van der Waals surface area contributed by atoms with Crippen LogP contribution >= 0.6 is 11.3 Å². The lowest BCUT2D eigenvalue weighted by molar-refractivity contribution is -0.380. The van der Waals surface area contributed by atoms with Crippen LogP contribution in [0, 0.1) is 10.1 Å². The molecule has 0 spiro atoms. The van der Waals surface area contributed by atoms with Crippen molar-refractivity contribution in [2.45, 2.75) is 6.54 Å². The third kappa shape index (κ3) is 3.70. The molecule has 1 N–H and O–H groups in total. The molecule has 0 radical (unpaired) electrons. The van der Waals surface area contributed by atoms with Crippen LogP contribution in [-0.2, 0) is 6.54 Å². The molecule has 0 atom stereocenters. The number of nitrogens with zero attached hydrogens (tertiary/aromatic N) is 2. The molecular weight excluding hydrogens is 262 g/mol. The first-order chi connectivity index (χ1) is 9.19. The first kappa shape index (κ1) is 13.4. The van der Waals surface area contributed by atoms with E-state index in [1.165, 1.54) is 11.6 Å². The molecule has 0 aliphatic heterocycles. The Morgan fingerprint density at radius 2 is 2.05 bits per heavy atom. The zero-order valence-electron chi connectivity index (χ0n) is 10.4. The van der Waals surface area contributed by atoms with Gasteiger partial charge in [0.15, 0.2) is 0 Å². The van der Waals surface area contributed by atoms with Crippen LogP contribution in [-0.4, -0.2) is 18.2 Å². The zero-order valence-corrected chi connectivity index (χ0v) is 11.2. The summed E-state index contributed by atoms with van der Waals surface area (Å²) < 4.78 is 0. The highest BCUT2D eigenvalue weighted by Crippen LogP contribution is 2.23. The van der Waals surface area contributed by atoms with E-state index in [4.69, 9.17) is 0 Å². The van der Waals surface area contributed by atoms with Crippen LogP contribution in [0.15, 0.2) is 41.4 Å². The van der Waals surface area contributed by atoms with Crippen molar-refractivity contribution in [1.82, 2.24) is 5.32 Å². The fourth-order valence-corrected chi connectivity index (χ4v) is 2.25. The lowest BCUT2D eigenvalue weighted by atomic mass is 10.2. The Balaban J connectivity index is 2.06. The predicted octanol–water partition coefficient (Wildman–Crippen LogP) is 3.13. The number of rotatable bonds is 5. The lowest BCUT2D eigenvalue weighted by Gasteiger charge is -1.99. The number of benzene rings is 1. The average molecular weight is 275 g/mol. The number of hydrogen-bond donors (Lipinski definition) is 1. The molecule has 98 valence electrons. The molecule has 6 heteroatoms. The summed E-state index contributed by atoms with van der Waals surface area (Å²) in [5, 5.41) is 13.8. The predicted molar refractivity (Wildman–Crippen MR) is 77.4 cm³/mol. The van der Waals surface area contributed by atoms with E-state index in [2.05, 4.69) is 10.3 Å². The van der Waals surface area contributed by atoms with Crippen LogP contribution in [0.1, 0.15) is 10.4 Å². The molecule has 0 saturated heterocycles. The largest absolute Gasteiger partial charge is 0.324 e. The van der Waals surface area contributed by atoms with Crippen molar-refractivity contribution in [3.63, 3.8) is 0 Å². The van der Waals surface area contributed by atoms with E-state index >= 15 is 0 Å². The molecule has 0 bridgehead atoms. The number of aliphatic imine (C=N–C) groups is 1. The van der Waals surface area contributed by atoms with E-state index in [0.29, 0.717) is 0 Å². The van der Waals surface area contributed by atoms with Crippen molar-refractivity contribution in [1.29, 1.82) is 0 Å². The van der Waals surface area contributed by atoms with Crippen LogP contribution < -0.4 is 5.32 Å². The van der Waals surface area contributed by atoms with Crippen LogP contribution in [0.4, 0.5) is 10.7 Å². The molecule has 19 heavy (non-hydrogen) atoms. The van der Waals surface area contributed by atoms with E-state index in [9.17, 15) is 10.1 Å². The maximum absolute atomic E-state index is 10.6.